The molecule has 0 unspecified atom stereocenters. The molecule has 0 atom stereocenters. The van der Waals surface area contributed by atoms with Crippen LogP contribution in [0.5, 0.6) is 0 Å². The lowest BCUT2D eigenvalue weighted by Gasteiger charge is -2.08. The quantitative estimate of drug-likeness (QED) is 0.198. The number of nitrogens with two attached hydrogens (primary N) is 2. The van der Waals surface area contributed by atoms with Crippen molar-refractivity contribution in [1.29, 1.82) is 0 Å². The lowest BCUT2D eigenvalue weighted by atomic mass is 10.2. The topological polar surface area (TPSA) is 101 Å². The van der Waals surface area contributed by atoms with Crippen molar-refractivity contribution in [1.82, 2.24) is 10.9 Å². The molecule has 0 fully saturated rings. The van der Waals surface area contributed by atoms with E-state index in [1.165, 1.54) is 6.07 Å². The monoisotopic (exact) mass is 566 g/mol. The molecule has 9 heteroatoms. The second-order valence-electron chi connectivity index (χ2n) is 5.03. The molecule has 0 radical (unpaired) electrons. The number of hydrogen-bond acceptors (Lipinski definition) is 2. The summed E-state index contributed by atoms with van der Waals surface area (Å²) < 4.78 is 14.9. The van der Waals surface area contributed by atoms with Gasteiger partial charge in [-0.05, 0) is 80.6 Å². The van der Waals surface area contributed by atoms with Crippen molar-refractivity contribution in [3.8, 4) is 0 Å². The Morgan fingerprint density at radius 1 is 0.920 bits per heavy atom. The molecule has 0 aliphatic rings. The molecule has 0 spiro atoms. The second-order valence-corrected chi connectivity index (χ2v) is 7.44. The van der Waals surface area contributed by atoms with E-state index in [4.69, 9.17) is 11.5 Å². The molecule has 0 saturated heterocycles. The molecule has 25 heavy (non-hydrogen) atoms. The van der Waals surface area contributed by atoms with E-state index in [2.05, 4.69) is 43.4 Å². The average Bonchev–Trinajstić information content (AvgIpc) is 2.59. The predicted molar refractivity (Wildman–Crippen MR) is 115 cm³/mol. The third kappa shape index (κ3) is 7.02. The van der Waals surface area contributed by atoms with E-state index in [1.807, 2.05) is 46.9 Å². The van der Waals surface area contributed by atoms with Crippen LogP contribution in [0, 0.1) is 13.0 Å². The highest BCUT2D eigenvalue weighted by atomic mass is 127. The summed E-state index contributed by atoms with van der Waals surface area (Å²) in [5, 5.41) is 0. The van der Waals surface area contributed by atoms with Gasteiger partial charge in [0.15, 0.2) is 0 Å². The maximum Gasteiger partial charge on any atom is 0.208 e. The predicted octanol–water partition coefficient (Wildman–Crippen LogP) is 2.46. The Labute approximate surface area is 172 Å². The van der Waals surface area contributed by atoms with E-state index >= 15 is 0 Å². The Kier molecular flexibility index (Phi) is 7.68. The zero-order valence-electron chi connectivity index (χ0n) is 13.1. The number of hydrogen-bond donors (Lipinski definition) is 4. The van der Waals surface area contributed by atoms with E-state index in [0.29, 0.717) is 16.7 Å². The van der Waals surface area contributed by atoms with Gasteiger partial charge in [-0.15, -0.1) is 0 Å². The largest absolute Gasteiger partial charge is 0.369 e. The van der Waals surface area contributed by atoms with Crippen molar-refractivity contribution in [2.75, 3.05) is 0 Å². The molecule has 2 aromatic rings. The highest BCUT2D eigenvalue weighted by Crippen LogP contribution is 2.13. The Hall–Kier alpha value is -1.63. The summed E-state index contributed by atoms with van der Waals surface area (Å²) >= 11 is 4.18. The van der Waals surface area contributed by atoms with Crippen LogP contribution >= 0.6 is 45.2 Å². The van der Waals surface area contributed by atoms with Gasteiger partial charge < -0.3 is 11.5 Å². The molecule has 132 valence electrons. The summed E-state index contributed by atoms with van der Waals surface area (Å²) in [5.41, 5.74) is 18.8. The molecule has 6 N–H and O–H groups in total. The van der Waals surface area contributed by atoms with Gasteiger partial charge in [0.25, 0.3) is 0 Å². The molecule has 2 aromatic carbocycles. The van der Waals surface area contributed by atoms with Crippen molar-refractivity contribution in [2.45, 2.75) is 13.1 Å². The van der Waals surface area contributed by atoms with Crippen LogP contribution in [0.4, 0.5) is 4.39 Å². The molecule has 2 rings (SSSR count). The Bertz CT molecular complexity index is 794. The lowest BCUT2D eigenvalue weighted by molar-refractivity contribution is 0.619. The minimum Gasteiger partial charge on any atom is -0.369 e. The maximum atomic E-state index is 13.2. The van der Waals surface area contributed by atoms with Crippen molar-refractivity contribution in [2.24, 2.45) is 21.5 Å². The molecule has 6 nitrogen and oxygen atoms in total. The zero-order chi connectivity index (χ0) is 18.2. The smallest absolute Gasteiger partial charge is 0.208 e. The van der Waals surface area contributed by atoms with Gasteiger partial charge in [0, 0.05) is 7.14 Å². The third-order valence-corrected chi connectivity index (χ3v) is 4.55. The Morgan fingerprint density at radius 2 is 1.52 bits per heavy atom. The van der Waals surface area contributed by atoms with Crippen LogP contribution < -0.4 is 22.3 Å². The van der Waals surface area contributed by atoms with Crippen LogP contribution in [-0.4, -0.2) is 11.9 Å². The van der Waals surface area contributed by atoms with Crippen molar-refractivity contribution >= 4 is 57.1 Å². The first-order valence-electron chi connectivity index (χ1n) is 7.24. The molecule has 0 amide bonds. The van der Waals surface area contributed by atoms with Crippen molar-refractivity contribution in [3.63, 3.8) is 0 Å². The molecular weight excluding hydrogens is 549 g/mol. The fraction of sp³-hybridized carbons (Fsp3) is 0.125. The van der Waals surface area contributed by atoms with Gasteiger partial charge in [-0.2, -0.15) is 0 Å². The highest BCUT2D eigenvalue weighted by molar-refractivity contribution is 14.1. The summed E-state index contributed by atoms with van der Waals surface area (Å²) in [5.74, 6) is 0.110. The molecule has 0 aliphatic heterocycles. The van der Waals surface area contributed by atoms with Gasteiger partial charge in [0.05, 0.1) is 13.1 Å². The van der Waals surface area contributed by atoms with Crippen LogP contribution in [0.3, 0.4) is 0 Å². The summed E-state index contributed by atoms with van der Waals surface area (Å²) in [7, 11) is 0. The van der Waals surface area contributed by atoms with E-state index < -0.39 is 0 Å². The summed E-state index contributed by atoms with van der Waals surface area (Å²) in [6.45, 7) is 0.790. The SMILES string of the molecule is NC(=NCc1cccc(I)c1)NNC(N)=NCc1ccc(F)c(I)c1. The summed E-state index contributed by atoms with van der Waals surface area (Å²) in [6.07, 6.45) is 0. The molecule has 0 aromatic heterocycles. The first kappa shape index (κ1) is 19.7. The van der Waals surface area contributed by atoms with Crippen molar-refractivity contribution < 1.29 is 4.39 Å². The molecule has 0 aliphatic carbocycles. The normalized spacial score (nSPS) is 12.1. The van der Waals surface area contributed by atoms with Crippen LogP contribution in [0.2, 0.25) is 0 Å². The summed E-state index contributed by atoms with van der Waals surface area (Å²) in [6, 6.07) is 12.8. The van der Waals surface area contributed by atoms with Crippen LogP contribution in [-0.2, 0) is 13.1 Å². The minimum absolute atomic E-state index is 0.159. The highest BCUT2D eigenvalue weighted by Gasteiger charge is 2.00. The second kappa shape index (κ2) is 9.75. The van der Waals surface area contributed by atoms with Crippen LogP contribution in [0.1, 0.15) is 11.1 Å². The van der Waals surface area contributed by atoms with E-state index in [0.717, 1.165) is 14.7 Å². The fourth-order valence-electron chi connectivity index (χ4n) is 1.83. The van der Waals surface area contributed by atoms with E-state index in [9.17, 15) is 4.39 Å². The Morgan fingerprint density at radius 3 is 2.08 bits per heavy atom. The van der Waals surface area contributed by atoms with Gasteiger partial charge in [0.2, 0.25) is 11.9 Å². The molecule has 0 heterocycles. The van der Waals surface area contributed by atoms with Gasteiger partial charge in [-0.1, -0.05) is 18.2 Å². The van der Waals surface area contributed by atoms with Gasteiger partial charge in [0.1, 0.15) is 5.82 Å². The van der Waals surface area contributed by atoms with E-state index in [1.54, 1.807) is 12.1 Å². The Balaban J connectivity index is 1.82. The number of aliphatic imine (C=N–C) groups is 2. The lowest BCUT2D eigenvalue weighted by Crippen LogP contribution is -2.48. The number of nitrogens with one attached hydrogen (secondary N) is 2. The van der Waals surface area contributed by atoms with Gasteiger partial charge >= 0.3 is 0 Å². The summed E-state index contributed by atoms with van der Waals surface area (Å²) in [4.78, 5) is 8.36. The number of halogens is 3. The number of benzene rings is 2. The first-order valence-corrected chi connectivity index (χ1v) is 9.40. The van der Waals surface area contributed by atoms with Crippen LogP contribution in [0.25, 0.3) is 0 Å². The molecule has 0 saturated carbocycles. The van der Waals surface area contributed by atoms with Crippen LogP contribution in [0.15, 0.2) is 52.4 Å². The number of guanidine groups is 2. The molecule has 0 bridgehead atoms. The number of hydrazine groups is 1. The average molecular weight is 566 g/mol. The number of nitrogens with zero attached hydrogens (tertiary/aromatic N) is 2. The van der Waals surface area contributed by atoms with E-state index in [-0.39, 0.29) is 17.7 Å². The zero-order valence-corrected chi connectivity index (χ0v) is 17.5. The maximum absolute atomic E-state index is 13.2. The standard InChI is InChI=1S/C16H17FI2N6/c17-13-5-4-11(7-14(13)19)9-23-16(21)25-24-15(20)22-8-10-2-1-3-12(18)6-10/h1-7H,8-9H2,(H3,20,22,24)(H3,21,23,25). The minimum atomic E-state index is -0.252. The fourth-order valence-corrected chi connectivity index (χ4v) is 3.02. The van der Waals surface area contributed by atoms with Crippen molar-refractivity contribution in [3.05, 3.63) is 66.5 Å². The van der Waals surface area contributed by atoms with Gasteiger partial charge in [-0.25, -0.2) is 14.4 Å². The first-order chi connectivity index (χ1) is 11.9. The third-order valence-electron chi connectivity index (χ3n) is 3.06. The number of rotatable bonds is 4. The van der Waals surface area contributed by atoms with Gasteiger partial charge in [-0.3, -0.25) is 10.9 Å². The molecular formula is C16H17FI2N6.